The zero-order chi connectivity index (χ0) is 21.3. The van der Waals surface area contributed by atoms with Gasteiger partial charge in [-0.3, -0.25) is 0 Å². The largest absolute Gasteiger partial charge is 0.497 e. The number of methoxy groups -OCH3 is 2. The summed E-state index contributed by atoms with van der Waals surface area (Å²) in [5.74, 6) is 1.68. The topological polar surface area (TPSA) is 133 Å². The number of nitrogens with two attached hydrogens (primary N) is 2. The molecule has 9 nitrogen and oxygen atoms in total. The summed E-state index contributed by atoms with van der Waals surface area (Å²) in [5.41, 5.74) is 16.8. The highest BCUT2D eigenvalue weighted by atomic mass is 35.5. The number of anilines is 1. The lowest BCUT2D eigenvalue weighted by atomic mass is 10.0. The summed E-state index contributed by atoms with van der Waals surface area (Å²) in [6.45, 7) is 0. The number of imidazole rings is 1. The van der Waals surface area contributed by atoms with E-state index >= 15 is 0 Å². The summed E-state index contributed by atoms with van der Waals surface area (Å²) in [7, 11) is 3.20. The number of nitrogens with zero attached hydrogens (tertiary/aromatic N) is 4. The van der Waals surface area contributed by atoms with Crippen molar-refractivity contribution in [3.8, 4) is 22.8 Å². The van der Waals surface area contributed by atoms with E-state index in [1.807, 2.05) is 36.4 Å². The van der Waals surface area contributed by atoms with Gasteiger partial charge in [0.05, 0.1) is 31.8 Å². The number of oxime groups is 1. The van der Waals surface area contributed by atoms with Crippen LogP contribution in [0.25, 0.3) is 11.3 Å². The monoisotopic (exact) mass is 478 g/mol. The van der Waals surface area contributed by atoms with Gasteiger partial charge < -0.3 is 26.1 Å². The van der Waals surface area contributed by atoms with Crippen LogP contribution in [0.4, 0.5) is 5.95 Å². The first-order chi connectivity index (χ1) is 14.5. The highest BCUT2D eigenvalue weighted by molar-refractivity contribution is 6.09. The number of hydrogen-bond donors (Lipinski definition) is 3. The number of amidine groups is 1. The van der Waals surface area contributed by atoms with Gasteiger partial charge in [-0.2, -0.15) is 5.10 Å². The normalized spacial score (nSPS) is 13.8. The van der Waals surface area contributed by atoms with Crippen molar-refractivity contribution >= 4 is 42.3 Å². The second kappa shape index (κ2) is 10.3. The van der Waals surface area contributed by atoms with Crippen LogP contribution >= 0.6 is 24.8 Å². The molecule has 0 radical (unpaired) electrons. The molecule has 0 saturated carbocycles. The van der Waals surface area contributed by atoms with Gasteiger partial charge in [-0.15, -0.1) is 24.8 Å². The number of aromatic nitrogens is 2. The minimum Gasteiger partial charge on any atom is -0.497 e. The first-order valence-electron chi connectivity index (χ1n) is 9.31. The summed E-state index contributed by atoms with van der Waals surface area (Å²) >= 11 is 0. The van der Waals surface area contributed by atoms with Crippen LogP contribution in [0.2, 0.25) is 0 Å². The first-order valence-corrected chi connectivity index (χ1v) is 9.31. The van der Waals surface area contributed by atoms with Gasteiger partial charge >= 0.3 is 0 Å². The molecule has 0 bridgehead atoms. The molecule has 170 valence electrons. The van der Waals surface area contributed by atoms with E-state index in [9.17, 15) is 0 Å². The maximum Gasteiger partial charge on any atom is 0.221 e. The molecule has 0 unspecified atom stereocenters. The van der Waals surface area contributed by atoms with E-state index in [-0.39, 0.29) is 36.6 Å². The minimum atomic E-state index is 0. The van der Waals surface area contributed by atoms with Crippen molar-refractivity contribution in [1.82, 2.24) is 9.66 Å². The van der Waals surface area contributed by atoms with Crippen molar-refractivity contribution in [3.05, 3.63) is 59.3 Å². The lowest BCUT2D eigenvalue weighted by Crippen LogP contribution is -2.15. The molecule has 0 atom stereocenters. The molecule has 0 fully saturated rings. The van der Waals surface area contributed by atoms with E-state index < -0.39 is 0 Å². The van der Waals surface area contributed by atoms with Crippen LogP contribution in [0.1, 0.15) is 23.1 Å². The number of halogens is 2. The van der Waals surface area contributed by atoms with E-state index in [0.717, 1.165) is 28.8 Å². The Morgan fingerprint density at radius 3 is 2.56 bits per heavy atom. The van der Waals surface area contributed by atoms with Crippen LogP contribution in [0, 0.1) is 0 Å². The Kier molecular flexibility index (Phi) is 7.96. The van der Waals surface area contributed by atoms with E-state index in [1.54, 1.807) is 25.1 Å². The molecule has 11 heteroatoms. The maximum absolute atomic E-state index is 9.03. The van der Waals surface area contributed by atoms with Crippen molar-refractivity contribution in [1.29, 1.82) is 0 Å². The third-order valence-electron chi connectivity index (χ3n) is 5.11. The van der Waals surface area contributed by atoms with Gasteiger partial charge in [0.2, 0.25) is 5.95 Å². The number of rotatable bonds is 5. The predicted molar refractivity (Wildman–Crippen MR) is 129 cm³/mol. The molecule has 0 spiro atoms. The molecule has 1 aromatic heterocycles. The Labute approximate surface area is 197 Å². The van der Waals surface area contributed by atoms with Crippen LogP contribution in [0.15, 0.2) is 52.9 Å². The van der Waals surface area contributed by atoms with Crippen LogP contribution in [-0.2, 0) is 6.42 Å². The van der Waals surface area contributed by atoms with Crippen molar-refractivity contribution in [2.75, 3.05) is 20.0 Å². The van der Waals surface area contributed by atoms with Gasteiger partial charge in [-0.25, -0.2) is 9.66 Å². The number of ether oxygens (including phenoxy) is 2. The fraction of sp³-hybridized carbons (Fsp3) is 0.190. The third-order valence-corrected chi connectivity index (χ3v) is 5.11. The minimum absolute atomic E-state index is 0. The van der Waals surface area contributed by atoms with E-state index in [0.29, 0.717) is 29.2 Å². The summed E-state index contributed by atoms with van der Waals surface area (Å²) in [4.78, 5) is 4.45. The second-order valence-corrected chi connectivity index (χ2v) is 6.76. The molecule has 0 saturated heterocycles. The van der Waals surface area contributed by atoms with Crippen LogP contribution in [0.3, 0.4) is 0 Å². The molecule has 5 N–H and O–H groups in total. The van der Waals surface area contributed by atoms with Gasteiger partial charge in [-0.1, -0.05) is 23.4 Å². The Morgan fingerprint density at radius 1 is 1.09 bits per heavy atom. The molecule has 4 rings (SSSR count). The molecular weight excluding hydrogens is 455 g/mol. The van der Waals surface area contributed by atoms with Gasteiger partial charge in [0.15, 0.2) is 5.84 Å². The summed E-state index contributed by atoms with van der Waals surface area (Å²) < 4.78 is 12.3. The van der Waals surface area contributed by atoms with Gasteiger partial charge in [0.1, 0.15) is 11.5 Å². The summed E-state index contributed by atoms with van der Waals surface area (Å²) in [6.07, 6.45) is 3.21. The lowest BCUT2D eigenvalue weighted by molar-refractivity contribution is 0.318. The first kappa shape index (κ1) is 24.8. The summed E-state index contributed by atoms with van der Waals surface area (Å²) in [5, 5.41) is 16.9. The van der Waals surface area contributed by atoms with E-state index in [1.165, 1.54) is 0 Å². The van der Waals surface area contributed by atoms with Crippen molar-refractivity contribution in [3.63, 3.8) is 0 Å². The molecular formula is C21H24Cl2N6O3. The molecule has 0 amide bonds. The third kappa shape index (κ3) is 4.44. The number of benzene rings is 2. The molecule has 3 aromatic rings. The van der Waals surface area contributed by atoms with Gasteiger partial charge in [0, 0.05) is 16.7 Å². The molecule has 0 aliphatic heterocycles. The Morgan fingerprint density at radius 2 is 1.88 bits per heavy atom. The lowest BCUT2D eigenvalue weighted by Gasteiger charge is -2.08. The number of hydrogen-bond acceptors (Lipinski definition) is 7. The quantitative estimate of drug-likeness (QED) is 0.223. The fourth-order valence-corrected chi connectivity index (χ4v) is 3.64. The molecule has 1 heterocycles. The standard InChI is InChI=1S/C21H22N6O3.2ClH/c1-29-12-6-9-19(30-2)16(10-12)18-11-27(21(23)24-18)25-17-8-7-13-14(17)4-3-5-15(13)20(22)26-28;;/h3-6,9-11,28H,7-8H2,1-2H3,(H2,22,26)(H2,23,24);2*1H/b25-17+;;. The molecule has 32 heavy (non-hydrogen) atoms. The van der Waals surface area contributed by atoms with Crippen molar-refractivity contribution in [2.45, 2.75) is 12.8 Å². The Balaban J connectivity index is 0.00000181. The second-order valence-electron chi connectivity index (χ2n) is 6.76. The smallest absolute Gasteiger partial charge is 0.221 e. The van der Waals surface area contributed by atoms with Crippen LogP contribution in [-0.4, -0.2) is 40.6 Å². The predicted octanol–water partition coefficient (Wildman–Crippen LogP) is 3.29. The van der Waals surface area contributed by atoms with Crippen molar-refractivity contribution < 1.29 is 14.7 Å². The van der Waals surface area contributed by atoms with E-state index in [2.05, 4.69) is 10.1 Å². The van der Waals surface area contributed by atoms with E-state index in [4.69, 9.17) is 31.2 Å². The molecule has 1 aliphatic carbocycles. The van der Waals surface area contributed by atoms with Crippen LogP contribution < -0.4 is 20.9 Å². The molecule has 1 aliphatic rings. The fourth-order valence-electron chi connectivity index (χ4n) is 3.64. The van der Waals surface area contributed by atoms with Crippen LogP contribution in [0.5, 0.6) is 11.5 Å². The number of nitrogen functional groups attached to an aromatic ring is 1. The average molecular weight is 479 g/mol. The molecule has 2 aromatic carbocycles. The Hall–Kier alpha value is -3.43. The highest BCUT2D eigenvalue weighted by Crippen LogP contribution is 2.33. The highest BCUT2D eigenvalue weighted by Gasteiger charge is 2.23. The zero-order valence-electron chi connectivity index (χ0n) is 17.5. The van der Waals surface area contributed by atoms with Crippen molar-refractivity contribution in [2.24, 2.45) is 16.0 Å². The van der Waals surface area contributed by atoms with Gasteiger partial charge in [-0.05, 0) is 36.6 Å². The Bertz CT molecular complexity index is 1180. The average Bonchev–Trinajstić information content (AvgIpc) is 3.36. The number of fused-ring (bicyclic) bond motifs is 1. The van der Waals surface area contributed by atoms with Gasteiger partial charge in [0.25, 0.3) is 0 Å². The summed E-state index contributed by atoms with van der Waals surface area (Å²) in [6, 6.07) is 11.1. The zero-order valence-corrected chi connectivity index (χ0v) is 19.1. The maximum atomic E-state index is 9.03. The SMILES string of the molecule is COc1ccc(OC)c(-c2cn(/N=C3\CCc4c(/C(N)=N/O)cccc43)c(N)n2)c1.Cl.Cl.